The number of aliphatic hydroxyl groups is 1. The number of aliphatic hydroxyl groups excluding tert-OH is 1. The molecule has 0 bridgehead atoms. The number of anilines is 1. The summed E-state index contributed by atoms with van der Waals surface area (Å²) in [5.74, 6) is 0.312. The zero-order valence-electron chi connectivity index (χ0n) is 12.9. The first-order valence-corrected chi connectivity index (χ1v) is 8.17. The van der Waals surface area contributed by atoms with Crippen molar-refractivity contribution in [3.63, 3.8) is 0 Å². The summed E-state index contributed by atoms with van der Waals surface area (Å²) < 4.78 is 32.6. The normalized spacial score (nSPS) is 14.0. The van der Waals surface area contributed by atoms with Crippen molar-refractivity contribution in [3.05, 3.63) is 18.2 Å². The Morgan fingerprint density at radius 2 is 2.00 bits per heavy atom. The Bertz CT molecular complexity index is 579. The second-order valence-corrected chi connectivity index (χ2v) is 7.67. The standard InChI is InChI=1S/C14H24N2O4S/c1-14(2,3)13(7-8-17)16-21(18,19)10-5-6-11(15)12(9-10)20-4/h5-6,9,13,16-17H,7-8,15H2,1-4H3. The van der Waals surface area contributed by atoms with E-state index in [1.807, 2.05) is 20.8 Å². The fourth-order valence-corrected chi connectivity index (χ4v) is 3.40. The van der Waals surface area contributed by atoms with Gasteiger partial charge in [-0.05, 0) is 24.0 Å². The van der Waals surface area contributed by atoms with Crippen molar-refractivity contribution in [3.8, 4) is 5.75 Å². The number of nitrogens with one attached hydrogen (secondary N) is 1. The molecule has 6 nitrogen and oxygen atoms in total. The highest BCUT2D eigenvalue weighted by Gasteiger charge is 2.29. The van der Waals surface area contributed by atoms with Crippen LogP contribution in [-0.2, 0) is 10.0 Å². The smallest absolute Gasteiger partial charge is 0.240 e. The number of sulfonamides is 1. The van der Waals surface area contributed by atoms with Crippen LogP contribution >= 0.6 is 0 Å². The highest BCUT2D eigenvalue weighted by molar-refractivity contribution is 7.89. The summed E-state index contributed by atoms with van der Waals surface area (Å²) in [7, 11) is -2.28. The SMILES string of the molecule is COc1cc(S(=O)(=O)NC(CCO)C(C)(C)C)ccc1N. The minimum absolute atomic E-state index is 0.0840. The van der Waals surface area contributed by atoms with Crippen LogP contribution in [0.25, 0.3) is 0 Å². The molecule has 0 spiro atoms. The molecule has 0 saturated carbocycles. The predicted octanol–water partition coefficient (Wildman–Crippen LogP) is 1.35. The molecule has 1 unspecified atom stereocenters. The van der Waals surface area contributed by atoms with Crippen molar-refractivity contribution in [1.82, 2.24) is 4.72 Å². The monoisotopic (exact) mass is 316 g/mol. The molecule has 21 heavy (non-hydrogen) atoms. The lowest BCUT2D eigenvalue weighted by Gasteiger charge is -2.30. The van der Waals surface area contributed by atoms with E-state index in [0.29, 0.717) is 17.9 Å². The molecule has 0 aliphatic rings. The van der Waals surface area contributed by atoms with E-state index in [0.717, 1.165) is 0 Å². The topological polar surface area (TPSA) is 102 Å². The largest absolute Gasteiger partial charge is 0.495 e. The third-order valence-corrected chi connectivity index (χ3v) is 4.75. The van der Waals surface area contributed by atoms with E-state index in [9.17, 15) is 8.42 Å². The molecular formula is C14H24N2O4S. The fourth-order valence-electron chi connectivity index (χ4n) is 1.91. The van der Waals surface area contributed by atoms with Gasteiger partial charge in [0.05, 0.1) is 17.7 Å². The minimum Gasteiger partial charge on any atom is -0.495 e. The maximum Gasteiger partial charge on any atom is 0.240 e. The quantitative estimate of drug-likeness (QED) is 0.688. The number of hydrogen-bond acceptors (Lipinski definition) is 5. The lowest BCUT2D eigenvalue weighted by atomic mass is 9.86. The van der Waals surface area contributed by atoms with E-state index in [1.54, 1.807) is 0 Å². The molecule has 4 N–H and O–H groups in total. The summed E-state index contributed by atoms with van der Waals surface area (Å²) in [6.45, 7) is 5.66. The molecular weight excluding hydrogens is 292 g/mol. The number of methoxy groups -OCH3 is 1. The summed E-state index contributed by atoms with van der Waals surface area (Å²) >= 11 is 0. The second kappa shape index (κ2) is 6.64. The minimum atomic E-state index is -3.71. The molecule has 1 rings (SSSR count). The summed E-state index contributed by atoms with van der Waals surface area (Å²) in [5, 5.41) is 9.11. The fraction of sp³-hybridized carbons (Fsp3) is 0.571. The van der Waals surface area contributed by atoms with E-state index in [2.05, 4.69) is 4.72 Å². The molecule has 0 fully saturated rings. The lowest BCUT2D eigenvalue weighted by Crippen LogP contribution is -2.44. The van der Waals surface area contributed by atoms with Crippen LogP contribution in [-0.4, -0.2) is 33.3 Å². The first-order chi connectivity index (χ1) is 9.61. The molecule has 7 heteroatoms. The number of benzene rings is 1. The van der Waals surface area contributed by atoms with Crippen molar-refractivity contribution in [2.45, 2.75) is 38.1 Å². The number of hydrogen-bond donors (Lipinski definition) is 3. The van der Waals surface area contributed by atoms with Crippen LogP contribution in [0.5, 0.6) is 5.75 Å². The summed E-state index contributed by atoms with van der Waals surface area (Å²) in [6.07, 6.45) is 0.342. The van der Waals surface area contributed by atoms with Gasteiger partial charge in [0, 0.05) is 18.7 Å². The van der Waals surface area contributed by atoms with Crippen LogP contribution in [0.1, 0.15) is 27.2 Å². The maximum atomic E-state index is 12.5. The number of ether oxygens (including phenoxy) is 1. The molecule has 0 radical (unpaired) electrons. The van der Waals surface area contributed by atoms with E-state index < -0.39 is 10.0 Å². The van der Waals surface area contributed by atoms with Crippen LogP contribution in [0, 0.1) is 5.41 Å². The van der Waals surface area contributed by atoms with E-state index in [-0.39, 0.29) is 23.0 Å². The third-order valence-electron chi connectivity index (χ3n) is 3.28. The van der Waals surface area contributed by atoms with Gasteiger partial charge in [0.2, 0.25) is 10.0 Å². The Kier molecular flexibility index (Phi) is 5.61. The van der Waals surface area contributed by atoms with Gasteiger partial charge < -0.3 is 15.6 Å². The number of nitrogen functional groups attached to an aromatic ring is 1. The average Bonchev–Trinajstić information content (AvgIpc) is 2.37. The van der Waals surface area contributed by atoms with Crippen LogP contribution < -0.4 is 15.2 Å². The average molecular weight is 316 g/mol. The molecule has 0 aromatic heterocycles. The first kappa shape index (κ1) is 17.7. The molecule has 0 aliphatic heterocycles. The van der Waals surface area contributed by atoms with Crippen LogP contribution in [0.2, 0.25) is 0 Å². The van der Waals surface area contributed by atoms with Crippen molar-refractivity contribution >= 4 is 15.7 Å². The molecule has 1 aromatic rings. The van der Waals surface area contributed by atoms with Crippen molar-refractivity contribution in [2.24, 2.45) is 5.41 Å². The van der Waals surface area contributed by atoms with Gasteiger partial charge >= 0.3 is 0 Å². The Morgan fingerprint density at radius 1 is 1.38 bits per heavy atom. The Balaban J connectivity index is 3.10. The van der Waals surface area contributed by atoms with Crippen molar-refractivity contribution < 1.29 is 18.3 Å². The lowest BCUT2D eigenvalue weighted by molar-refractivity contribution is 0.214. The van der Waals surface area contributed by atoms with Gasteiger partial charge in [0.15, 0.2) is 0 Å². The van der Waals surface area contributed by atoms with E-state index in [4.69, 9.17) is 15.6 Å². The summed E-state index contributed by atoms with van der Waals surface area (Å²) in [4.78, 5) is 0.0840. The van der Waals surface area contributed by atoms with Crippen LogP contribution in [0.4, 0.5) is 5.69 Å². The van der Waals surface area contributed by atoms with Crippen molar-refractivity contribution in [1.29, 1.82) is 0 Å². The van der Waals surface area contributed by atoms with Gasteiger partial charge in [-0.2, -0.15) is 0 Å². The predicted molar refractivity (Wildman–Crippen MR) is 82.7 cm³/mol. The Labute approximate surface area is 126 Å². The molecule has 1 atom stereocenters. The highest BCUT2D eigenvalue weighted by atomic mass is 32.2. The van der Waals surface area contributed by atoms with Gasteiger partial charge in [-0.1, -0.05) is 20.8 Å². The second-order valence-electron chi connectivity index (χ2n) is 5.96. The van der Waals surface area contributed by atoms with Crippen LogP contribution in [0.3, 0.4) is 0 Å². The third kappa shape index (κ3) is 4.59. The number of nitrogens with two attached hydrogens (primary N) is 1. The molecule has 0 heterocycles. The Morgan fingerprint density at radius 3 is 2.48 bits per heavy atom. The number of rotatable bonds is 6. The first-order valence-electron chi connectivity index (χ1n) is 6.68. The van der Waals surface area contributed by atoms with E-state index >= 15 is 0 Å². The van der Waals surface area contributed by atoms with Gasteiger partial charge in [0.25, 0.3) is 0 Å². The van der Waals surface area contributed by atoms with Gasteiger partial charge in [-0.15, -0.1) is 0 Å². The van der Waals surface area contributed by atoms with E-state index in [1.165, 1.54) is 25.3 Å². The van der Waals surface area contributed by atoms with Crippen LogP contribution in [0.15, 0.2) is 23.1 Å². The van der Waals surface area contributed by atoms with Gasteiger partial charge in [0.1, 0.15) is 5.75 Å². The zero-order chi connectivity index (χ0) is 16.3. The van der Waals surface area contributed by atoms with Gasteiger partial charge in [-0.3, -0.25) is 0 Å². The molecule has 1 aromatic carbocycles. The molecule has 0 saturated heterocycles. The van der Waals surface area contributed by atoms with Gasteiger partial charge in [-0.25, -0.2) is 13.1 Å². The molecule has 0 aliphatic carbocycles. The van der Waals surface area contributed by atoms with Crippen molar-refractivity contribution in [2.75, 3.05) is 19.5 Å². The highest BCUT2D eigenvalue weighted by Crippen LogP contribution is 2.27. The molecule has 0 amide bonds. The summed E-state index contributed by atoms with van der Waals surface area (Å²) in [6, 6.07) is 3.93. The molecule has 120 valence electrons. The Hall–Kier alpha value is -1.31. The summed E-state index contributed by atoms with van der Waals surface area (Å²) in [5.41, 5.74) is 5.75. The zero-order valence-corrected chi connectivity index (χ0v) is 13.7. The maximum absolute atomic E-state index is 12.5.